The number of aliphatic hydroxyl groups is 1. The Morgan fingerprint density at radius 1 is 0.912 bits per heavy atom. The molecule has 0 aliphatic rings. The molecule has 168 valence electrons. The third-order valence-electron chi connectivity index (χ3n) is 5.32. The molecule has 2 heterocycles. The summed E-state index contributed by atoms with van der Waals surface area (Å²) in [5.41, 5.74) is 4.02. The second kappa shape index (κ2) is 9.13. The molecule has 5 rings (SSSR count). The molecular weight excluding hydrogens is 430 g/mol. The number of aliphatic hydroxyl groups excluding tert-OH is 1. The fraction of sp³-hybridized carbons (Fsp3) is 0.0769. The van der Waals surface area contributed by atoms with E-state index in [1.807, 2.05) is 85.8 Å². The lowest BCUT2D eigenvalue weighted by atomic mass is 10.1. The van der Waals surface area contributed by atoms with Crippen molar-refractivity contribution in [2.45, 2.75) is 13.5 Å². The highest BCUT2D eigenvalue weighted by Crippen LogP contribution is 2.27. The van der Waals surface area contributed by atoms with Gasteiger partial charge in [-0.2, -0.15) is 9.78 Å². The van der Waals surface area contributed by atoms with E-state index in [-0.39, 0.29) is 12.4 Å². The third-order valence-corrected chi connectivity index (χ3v) is 5.32. The van der Waals surface area contributed by atoms with Gasteiger partial charge in [-0.05, 0) is 42.3 Å². The van der Waals surface area contributed by atoms with Gasteiger partial charge < -0.3 is 9.84 Å². The monoisotopic (exact) mass is 451 g/mol. The summed E-state index contributed by atoms with van der Waals surface area (Å²) in [6, 6.07) is 24.9. The average Bonchev–Trinajstić information content (AvgIpc) is 3.36. The van der Waals surface area contributed by atoms with Crippen molar-refractivity contribution in [1.29, 1.82) is 0 Å². The Morgan fingerprint density at radius 2 is 1.62 bits per heavy atom. The second-order valence-corrected chi connectivity index (χ2v) is 7.72. The molecule has 0 saturated carbocycles. The van der Waals surface area contributed by atoms with Crippen molar-refractivity contribution in [2.75, 3.05) is 0 Å². The first-order valence-corrected chi connectivity index (χ1v) is 10.7. The molecule has 5 aromatic rings. The van der Waals surface area contributed by atoms with Crippen LogP contribution in [0.15, 0.2) is 96.1 Å². The van der Waals surface area contributed by atoms with Crippen LogP contribution >= 0.6 is 0 Å². The van der Waals surface area contributed by atoms with E-state index in [1.54, 1.807) is 0 Å². The van der Waals surface area contributed by atoms with Crippen molar-refractivity contribution in [3.8, 4) is 34.0 Å². The maximum Gasteiger partial charge on any atom is 0.316 e. The number of hydrogen-bond acceptors (Lipinski definition) is 6. The number of ether oxygens (including phenoxy) is 1. The highest BCUT2D eigenvalue weighted by Gasteiger charge is 2.18. The minimum absolute atomic E-state index is 0.0393. The fourth-order valence-corrected chi connectivity index (χ4v) is 3.51. The summed E-state index contributed by atoms with van der Waals surface area (Å²) in [7, 11) is 0. The minimum atomic E-state index is -0.450. The maximum atomic E-state index is 13.5. The molecule has 1 N–H and O–H groups in total. The standard InChI is InChI=1S/C26H21N5O3/c1-18-7-11-22(12-8-18)31-26(33)25(24(15-27-31)30-16-21(17-32)28-29-30)34-23-13-9-20(10-14-23)19-5-3-2-4-6-19/h2-16,32H,17H2,1H3. The largest absolute Gasteiger partial charge is 0.449 e. The first-order valence-electron chi connectivity index (χ1n) is 10.7. The summed E-state index contributed by atoms with van der Waals surface area (Å²) >= 11 is 0. The zero-order valence-electron chi connectivity index (χ0n) is 18.4. The molecule has 2 aromatic heterocycles. The van der Waals surface area contributed by atoms with Crippen molar-refractivity contribution in [1.82, 2.24) is 24.8 Å². The maximum absolute atomic E-state index is 13.5. The van der Waals surface area contributed by atoms with Crippen molar-refractivity contribution >= 4 is 0 Å². The van der Waals surface area contributed by atoms with Crippen LogP contribution in [0.1, 0.15) is 11.3 Å². The van der Waals surface area contributed by atoms with Crippen molar-refractivity contribution < 1.29 is 9.84 Å². The van der Waals surface area contributed by atoms with Gasteiger partial charge in [0.25, 0.3) is 0 Å². The average molecular weight is 451 g/mol. The fourth-order valence-electron chi connectivity index (χ4n) is 3.51. The second-order valence-electron chi connectivity index (χ2n) is 7.72. The zero-order chi connectivity index (χ0) is 23.5. The molecule has 8 nitrogen and oxygen atoms in total. The molecule has 0 spiro atoms. The molecular formula is C26H21N5O3. The van der Waals surface area contributed by atoms with Crippen LogP contribution in [-0.4, -0.2) is 29.9 Å². The van der Waals surface area contributed by atoms with Crippen LogP contribution in [-0.2, 0) is 6.61 Å². The Morgan fingerprint density at radius 3 is 2.29 bits per heavy atom. The SMILES string of the molecule is Cc1ccc(-n2ncc(-n3cc(CO)nn3)c(Oc3ccc(-c4ccccc4)cc3)c2=O)cc1. The highest BCUT2D eigenvalue weighted by atomic mass is 16.5. The van der Waals surface area contributed by atoms with Gasteiger partial charge in [0, 0.05) is 0 Å². The number of rotatable bonds is 6. The summed E-state index contributed by atoms with van der Waals surface area (Å²) in [4.78, 5) is 13.5. The van der Waals surface area contributed by atoms with Crippen LogP contribution in [0.3, 0.4) is 0 Å². The molecule has 34 heavy (non-hydrogen) atoms. The highest BCUT2D eigenvalue weighted by molar-refractivity contribution is 5.64. The molecule has 0 aliphatic heterocycles. The Kier molecular flexibility index (Phi) is 5.72. The van der Waals surface area contributed by atoms with Crippen LogP contribution in [0.2, 0.25) is 0 Å². The van der Waals surface area contributed by atoms with Gasteiger partial charge in [0.05, 0.1) is 24.7 Å². The first kappa shape index (κ1) is 21.3. The summed E-state index contributed by atoms with van der Waals surface area (Å²) in [6.45, 7) is 1.70. The van der Waals surface area contributed by atoms with E-state index >= 15 is 0 Å². The first-order chi connectivity index (χ1) is 16.6. The van der Waals surface area contributed by atoms with Crippen LogP contribution in [0.25, 0.3) is 22.5 Å². The summed E-state index contributed by atoms with van der Waals surface area (Å²) in [5.74, 6) is 0.527. The molecule has 0 atom stereocenters. The lowest BCUT2D eigenvalue weighted by molar-refractivity contribution is 0.276. The number of nitrogens with zero attached hydrogens (tertiary/aromatic N) is 5. The minimum Gasteiger partial charge on any atom is -0.449 e. The van der Waals surface area contributed by atoms with Gasteiger partial charge in [-0.3, -0.25) is 4.79 Å². The summed E-state index contributed by atoms with van der Waals surface area (Å²) < 4.78 is 8.74. The van der Waals surface area contributed by atoms with Gasteiger partial charge in [-0.25, -0.2) is 4.68 Å². The van der Waals surface area contributed by atoms with E-state index < -0.39 is 5.56 Å². The van der Waals surface area contributed by atoms with Gasteiger partial charge in [-0.1, -0.05) is 65.4 Å². The Hall–Kier alpha value is -4.56. The van der Waals surface area contributed by atoms with E-state index in [2.05, 4.69) is 15.4 Å². The number of aromatic nitrogens is 5. The predicted molar refractivity (Wildman–Crippen MR) is 127 cm³/mol. The Labute approximate surface area is 195 Å². The molecule has 0 radical (unpaired) electrons. The zero-order valence-corrected chi connectivity index (χ0v) is 18.4. The third kappa shape index (κ3) is 4.22. The van der Waals surface area contributed by atoms with Gasteiger partial charge >= 0.3 is 5.56 Å². The number of hydrogen-bond donors (Lipinski definition) is 1. The molecule has 0 aliphatic carbocycles. The molecule has 0 fully saturated rings. The molecule has 0 saturated heterocycles. The molecule has 0 bridgehead atoms. The van der Waals surface area contributed by atoms with E-state index in [9.17, 15) is 9.90 Å². The van der Waals surface area contributed by atoms with Crippen molar-refractivity contribution in [3.63, 3.8) is 0 Å². The smallest absolute Gasteiger partial charge is 0.316 e. The molecule has 8 heteroatoms. The number of aryl methyl sites for hydroxylation is 1. The van der Waals surface area contributed by atoms with Gasteiger partial charge in [-0.15, -0.1) is 5.10 Å². The normalized spacial score (nSPS) is 10.9. The topological polar surface area (TPSA) is 95.1 Å². The van der Waals surface area contributed by atoms with Crippen molar-refractivity contribution in [2.24, 2.45) is 0 Å². The summed E-state index contributed by atoms with van der Waals surface area (Å²) in [6.07, 6.45) is 3.02. The van der Waals surface area contributed by atoms with Gasteiger partial charge in [0.15, 0.2) is 0 Å². The molecule has 0 amide bonds. The van der Waals surface area contributed by atoms with Crippen LogP contribution < -0.4 is 10.3 Å². The van der Waals surface area contributed by atoms with Crippen LogP contribution in [0.4, 0.5) is 0 Å². The molecule has 3 aromatic carbocycles. The van der Waals surface area contributed by atoms with Gasteiger partial charge in [0.2, 0.25) is 5.75 Å². The van der Waals surface area contributed by atoms with Crippen LogP contribution in [0, 0.1) is 6.92 Å². The lowest BCUT2D eigenvalue weighted by Crippen LogP contribution is -2.24. The van der Waals surface area contributed by atoms with Crippen LogP contribution in [0.5, 0.6) is 11.5 Å². The predicted octanol–water partition coefficient (Wildman–Crippen LogP) is 4.07. The number of benzene rings is 3. The Bertz CT molecular complexity index is 1470. The van der Waals surface area contributed by atoms with Crippen molar-refractivity contribution in [3.05, 3.63) is 113 Å². The molecule has 0 unspecified atom stereocenters. The van der Waals surface area contributed by atoms with E-state index in [1.165, 1.54) is 21.8 Å². The summed E-state index contributed by atoms with van der Waals surface area (Å²) in [5, 5.41) is 21.6. The lowest BCUT2D eigenvalue weighted by Gasteiger charge is -2.13. The Balaban J connectivity index is 1.57. The van der Waals surface area contributed by atoms with E-state index in [0.29, 0.717) is 22.8 Å². The van der Waals surface area contributed by atoms with E-state index in [4.69, 9.17) is 4.74 Å². The van der Waals surface area contributed by atoms with Gasteiger partial charge in [0.1, 0.15) is 17.1 Å². The quantitative estimate of drug-likeness (QED) is 0.418. The van der Waals surface area contributed by atoms with E-state index in [0.717, 1.165) is 16.7 Å².